The standard InChI is InChI=1S/C14H28N2O5S2Si2/c1-11(2)17-24(15-9-22,18-12(3)4)21-25(16-10-23,19-13(5)6)20-14(7)8/h11-14H,1-8H3. The molecule has 0 aromatic heterocycles. The van der Waals surface area contributed by atoms with Crippen molar-refractivity contribution in [2.24, 2.45) is 9.32 Å². The molecule has 0 unspecified atom stereocenters. The summed E-state index contributed by atoms with van der Waals surface area (Å²) in [6.07, 6.45) is -0.949. The van der Waals surface area contributed by atoms with Gasteiger partial charge in [0.25, 0.3) is 0 Å². The largest absolute Gasteiger partial charge is 0.656 e. The van der Waals surface area contributed by atoms with E-state index in [9.17, 15) is 0 Å². The van der Waals surface area contributed by atoms with E-state index in [0.717, 1.165) is 0 Å². The third kappa shape index (κ3) is 9.93. The van der Waals surface area contributed by atoms with Crippen LogP contribution in [0.3, 0.4) is 0 Å². The van der Waals surface area contributed by atoms with Crippen LogP contribution in [0.4, 0.5) is 0 Å². The molecule has 0 rings (SSSR count). The van der Waals surface area contributed by atoms with Gasteiger partial charge in [0.1, 0.15) is 0 Å². The number of hydrogen-bond donors (Lipinski definition) is 0. The van der Waals surface area contributed by atoms with Gasteiger partial charge >= 0.3 is 17.9 Å². The molecule has 11 heteroatoms. The highest BCUT2D eigenvalue weighted by Gasteiger charge is 2.59. The van der Waals surface area contributed by atoms with Gasteiger partial charge in [0.15, 0.2) is 0 Å². The summed E-state index contributed by atoms with van der Waals surface area (Å²) in [6, 6.07) is 0. The van der Waals surface area contributed by atoms with Gasteiger partial charge in [-0.15, -0.1) is 0 Å². The van der Waals surface area contributed by atoms with Gasteiger partial charge in [-0.1, -0.05) is 0 Å². The first-order valence-corrected chi connectivity index (χ1v) is 12.2. The van der Waals surface area contributed by atoms with Crippen molar-refractivity contribution in [3.63, 3.8) is 0 Å². The highest BCUT2D eigenvalue weighted by atomic mass is 32.1. The molecule has 0 saturated carbocycles. The predicted molar refractivity (Wildman–Crippen MR) is 108 cm³/mol. The van der Waals surface area contributed by atoms with E-state index >= 15 is 0 Å². The Morgan fingerprint density at radius 1 is 0.600 bits per heavy atom. The van der Waals surface area contributed by atoms with Crippen molar-refractivity contribution in [3.05, 3.63) is 0 Å². The summed E-state index contributed by atoms with van der Waals surface area (Å²) in [5.41, 5.74) is 0. The summed E-state index contributed by atoms with van der Waals surface area (Å²) in [5.74, 6) is 0. The van der Waals surface area contributed by atoms with Gasteiger partial charge in [-0.2, -0.15) is 9.32 Å². The van der Waals surface area contributed by atoms with Gasteiger partial charge in [0.05, 0.1) is 10.3 Å². The van der Waals surface area contributed by atoms with Crippen LogP contribution < -0.4 is 0 Å². The van der Waals surface area contributed by atoms with E-state index in [1.807, 2.05) is 55.4 Å². The average molecular weight is 425 g/mol. The Morgan fingerprint density at radius 2 is 0.840 bits per heavy atom. The molecule has 0 fully saturated rings. The molecule has 25 heavy (non-hydrogen) atoms. The summed E-state index contributed by atoms with van der Waals surface area (Å²) in [5, 5.41) is 4.62. The van der Waals surface area contributed by atoms with Crippen LogP contribution in [0.2, 0.25) is 0 Å². The molecule has 0 atom stereocenters. The number of rotatable bonds is 12. The first-order chi connectivity index (χ1) is 11.5. The number of thiocarbonyl (C=S) groups is 2. The summed E-state index contributed by atoms with van der Waals surface area (Å²) in [4.78, 5) is 0. The van der Waals surface area contributed by atoms with Crippen LogP contribution in [0.5, 0.6) is 0 Å². The number of isothiocyanates is 2. The van der Waals surface area contributed by atoms with Crippen LogP contribution in [0, 0.1) is 0 Å². The normalized spacial score (nSPS) is 12.6. The zero-order chi connectivity index (χ0) is 19.7. The lowest BCUT2D eigenvalue weighted by Gasteiger charge is -2.35. The third-order valence-electron chi connectivity index (χ3n) is 2.16. The van der Waals surface area contributed by atoms with Crippen molar-refractivity contribution in [1.29, 1.82) is 0 Å². The SMILES string of the molecule is CC(C)O[Si](N=C=S)(OC(C)C)O[Si](N=C=S)(OC(C)C)OC(C)C. The Bertz CT molecular complexity index is 443. The van der Waals surface area contributed by atoms with E-state index in [1.165, 1.54) is 0 Å². The summed E-state index contributed by atoms with van der Waals surface area (Å²) in [6.45, 7) is 14.7. The zero-order valence-electron chi connectivity index (χ0n) is 16.1. The average Bonchev–Trinajstić information content (AvgIpc) is 2.34. The molecule has 0 heterocycles. The number of hydrogen-bond acceptors (Lipinski definition) is 9. The van der Waals surface area contributed by atoms with Gasteiger partial charge in [-0.25, -0.2) is 0 Å². The molecule has 0 saturated heterocycles. The van der Waals surface area contributed by atoms with E-state index in [0.29, 0.717) is 0 Å². The second-order valence-electron chi connectivity index (χ2n) is 6.22. The molecular formula is C14H28N2O5S2Si2. The summed E-state index contributed by atoms with van der Waals surface area (Å²) >= 11 is 9.56. The van der Waals surface area contributed by atoms with Gasteiger partial charge in [-0.05, 0) is 79.8 Å². The summed E-state index contributed by atoms with van der Waals surface area (Å²) < 4.78 is 38.0. The fourth-order valence-electron chi connectivity index (χ4n) is 1.77. The Morgan fingerprint density at radius 3 is 1.00 bits per heavy atom. The first kappa shape index (κ1) is 24.8. The molecule has 0 radical (unpaired) electrons. The molecule has 0 amide bonds. The topological polar surface area (TPSA) is 70.9 Å². The smallest absolute Gasteiger partial charge is 0.353 e. The maximum atomic E-state index is 6.15. The minimum Gasteiger partial charge on any atom is -0.353 e. The van der Waals surface area contributed by atoms with E-state index in [-0.39, 0.29) is 24.4 Å². The second-order valence-corrected chi connectivity index (χ2v) is 10.9. The molecule has 7 nitrogen and oxygen atoms in total. The second kappa shape index (κ2) is 11.5. The minimum atomic E-state index is -3.69. The molecule has 0 bridgehead atoms. The molecule has 0 aliphatic carbocycles. The van der Waals surface area contributed by atoms with E-state index in [1.54, 1.807) is 0 Å². The summed E-state index contributed by atoms with van der Waals surface area (Å²) in [7, 11) is -7.37. The molecular weight excluding hydrogens is 396 g/mol. The van der Waals surface area contributed by atoms with Gasteiger partial charge in [0, 0.05) is 24.4 Å². The van der Waals surface area contributed by atoms with Crippen molar-refractivity contribution in [2.45, 2.75) is 79.8 Å². The number of nitrogens with zero attached hydrogens (tertiary/aromatic N) is 2. The highest BCUT2D eigenvalue weighted by molar-refractivity contribution is 7.78. The molecule has 0 aromatic carbocycles. The Hall–Kier alpha value is -0.166. The van der Waals surface area contributed by atoms with Crippen molar-refractivity contribution in [3.8, 4) is 0 Å². The fourth-order valence-corrected chi connectivity index (χ4v) is 7.81. The van der Waals surface area contributed by atoms with Crippen LogP contribution in [-0.2, 0) is 21.8 Å². The Labute approximate surface area is 163 Å². The van der Waals surface area contributed by atoms with Crippen LogP contribution in [0.25, 0.3) is 0 Å². The third-order valence-corrected chi connectivity index (χ3v) is 8.58. The fraction of sp³-hybridized carbons (Fsp3) is 0.857. The van der Waals surface area contributed by atoms with Crippen LogP contribution in [0.1, 0.15) is 55.4 Å². The Balaban J connectivity index is 6.14. The van der Waals surface area contributed by atoms with Crippen molar-refractivity contribution in [2.75, 3.05) is 0 Å². The van der Waals surface area contributed by atoms with Crippen LogP contribution in [-0.4, -0.2) is 52.7 Å². The predicted octanol–water partition coefficient (Wildman–Crippen LogP) is 3.78. The molecule has 0 aliphatic rings. The lowest BCUT2D eigenvalue weighted by atomic mass is 10.5. The quantitative estimate of drug-likeness (QED) is 0.268. The molecule has 0 N–H and O–H groups in total. The Kier molecular flexibility index (Phi) is 11.5. The van der Waals surface area contributed by atoms with Gasteiger partial charge in [-0.3, -0.25) is 0 Å². The highest BCUT2D eigenvalue weighted by Crippen LogP contribution is 2.26. The van der Waals surface area contributed by atoms with E-state index < -0.39 is 17.9 Å². The monoisotopic (exact) mass is 424 g/mol. The van der Waals surface area contributed by atoms with Crippen molar-refractivity contribution < 1.29 is 21.8 Å². The van der Waals surface area contributed by atoms with E-state index in [4.69, 9.17) is 46.3 Å². The maximum absolute atomic E-state index is 6.15. The van der Waals surface area contributed by atoms with Crippen LogP contribution >= 0.6 is 24.4 Å². The van der Waals surface area contributed by atoms with Gasteiger partial charge in [0.2, 0.25) is 0 Å². The van der Waals surface area contributed by atoms with E-state index in [2.05, 4.69) is 19.6 Å². The molecule has 0 aromatic rings. The van der Waals surface area contributed by atoms with Crippen molar-refractivity contribution in [1.82, 2.24) is 0 Å². The minimum absolute atomic E-state index is 0.237. The van der Waals surface area contributed by atoms with Crippen LogP contribution in [0.15, 0.2) is 9.32 Å². The lowest BCUT2D eigenvalue weighted by Crippen LogP contribution is -2.60. The molecule has 0 spiro atoms. The lowest BCUT2D eigenvalue weighted by molar-refractivity contribution is -0.000991. The maximum Gasteiger partial charge on any atom is 0.656 e. The zero-order valence-corrected chi connectivity index (χ0v) is 19.7. The van der Waals surface area contributed by atoms with Crippen molar-refractivity contribution >= 4 is 52.7 Å². The molecule has 144 valence electrons. The first-order valence-electron chi connectivity index (χ1n) is 8.09. The molecule has 0 aliphatic heterocycles. The van der Waals surface area contributed by atoms with Gasteiger partial charge < -0.3 is 21.8 Å².